The van der Waals surface area contributed by atoms with Crippen LogP contribution in [0.1, 0.15) is 12.8 Å². The number of amides is 1. The van der Waals surface area contributed by atoms with Crippen LogP contribution in [0.15, 0.2) is 24.3 Å². The minimum Gasteiger partial charge on any atom is -0.497 e. The molecule has 3 N–H and O–H groups in total. The van der Waals surface area contributed by atoms with Gasteiger partial charge in [0, 0.05) is 6.54 Å². The van der Waals surface area contributed by atoms with Gasteiger partial charge in [-0.1, -0.05) is 0 Å². The molecule has 0 bridgehead atoms. The van der Waals surface area contributed by atoms with Crippen LogP contribution in [0.3, 0.4) is 0 Å². The first-order valence-electron chi connectivity index (χ1n) is 7.13. The lowest BCUT2D eigenvalue weighted by atomic mass is 10.2. The van der Waals surface area contributed by atoms with E-state index in [2.05, 4.69) is 5.32 Å². The number of ether oxygens (including phenoxy) is 3. The summed E-state index contributed by atoms with van der Waals surface area (Å²) in [6, 6.07) is 7.31. The van der Waals surface area contributed by atoms with Gasteiger partial charge in [-0.15, -0.1) is 0 Å². The van der Waals surface area contributed by atoms with Gasteiger partial charge in [-0.05, 0) is 37.1 Å². The summed E-state index contributed by atoms with van der Waals surface area (Å²) in [5.41, 5.74) is 5.52. The second-order valence-corrected chi connectivity index (χ2v) is 4.87. The quantitative estimate of drug-likeness (QED) is 0.723. The summed E-state index contributed by atoms with van der Waals surface area (Å²) < 4.78 is 16.1. The molecule has 1 aliphatic rings. The SMILES string of the molecule is COc1ccc(OCCNC(=O)[C@@H]2CC[C@H](CN)O2)cc1. The van der Waals surface area contributed by atoms with Crippen LogP contribution in [-0.4, -0.2) is 44.9 Å². The second kappa shape index (κ2) is 7.85. The zero-order chi connectivity index (χ0) is 15.1. The van der Waals surface area contributed by atoms with Gasteiger partial charge in [-0.3, -0.25) is 4.79 Å². The van der Waals surface area contributed by atoms with Crippen molar-refractivity contribution in [3.8, 4) is 11.5 Å². The number of hydrogen-bond donors (Lipinski definition) is 2. The lowest BCUT2D eigenvalue weighted by molar-refractivity contribution is -0.131. The molecule has 1 aromatic rings. The van der Waals surface area contributed by atoms with Crippen LogP contribution in [-0.2, 0) is 9.53 Å². The van der Waals surface area contributed by atoms with Crippen molar-refractivity contribution in [2.24, 2.45) is 5.73 Å². The largest absolute Gasteiger partial charge is 0.497 e. The van der Waals surface area contributed by atoms with E-state index in [0.717, 1.165) is 24.3 Å². The van der Waals surface area contributed by atoms with E-state index in [1.165, 1.54) is 0 Å². The zero-order valence-corrected chi connectivity index (χ0v) is 12.2. The van der Waals surface area contributed by atoms with Crippen molar-refractivity contribution < 1.29 is 19.0 Å². The maximum absolute atomic E-state index is 11.9. The average molecular weight is 294 g/mol. The molecule has 1 aliphatic heterocycles. The number of nitrogens with one attached hydrogen (secondary N) is 1. The van der Waals surface area contributed by atoms with Gasteiger partial charge in [0.25, 0.3) is 0 Å². The number of methoxy groups -OCH3 is 1. The third kappa shape index (κ3) is 4.61. The standard InChI is InChI=1S/C15H22N2O4/c1-19-11-2-4-12(5-3-11)20-9-8-17-15(18)14-7-6-13(10-16)21-14/h2-5,13-14H,6-10,16H2,1H3,(H,17,18)/t13-,14+/m1/s1. The van der Waals surface area contributed by atoms with Crippen molar-refractivity contribution in [3.63, 3.8) is 0 Å². The first kappa shape index (κ1) is 15.6. The number of rotatable bonds is 7. The number of hydrogen-bond acceptors (Lipinski definition) is 5. The van der Waals surface area contributed by atoms with Crippen LogP contribution in [0.4, 0.5) is 0 Å². The Morgan fingerprint density at radius 3 is 2.67 bits per heavy atom. The Balaban J connectivity index is 1.64. The summed E-state index contributed by atoms with van der Waals surface area (Å²) in [4.78, 5) is 11.9. The normalized spacial score (nSPS) is 21.0. The van der Waals surface area contributed by atoms with Gasteiger partial charge in [-0.2, -0.15) is 0 Å². The lowest BCUT2D eigenvalue weighted by Crippen LogP contribution is -2.37. The molecule has 6 nitrogen and oxygen atoms in total. The number of carbonyl (C=O) groups excluding carboxylic acids is 1. The molecule has 1 fully saturated rings. The van der Waals surface area contributed by atoms with Gasteiger partial charge >= 0.3 is 0 Å². The van der Waals surface area contributed by atoms with Gasteiger partial charge in [0.05, 0.1) is 19.8 Å². The molecule has 0 aromatic heterocycles. The zero-order valence-electron chi connectivity index (χ0n) is 12.2. The van der Waals surface area contributed by atoms with Gasteiger partial charge < -0.3 is 25.3 Å². The summed E-state index contributed by atoms with van der Waals surface area (Å²) in [7, 11) is 1.62. The molecule has 116 valence electrons. The Morgan fingerprint density at radius 2 is 2.05 bits per heavy atom. The van der Waals surface area contributed by atoms with Crippen LogP contribution in [0, 0.1) is 0 Å². The fraction of sp³-hybridized carbons (Fsp3) is 0.533. The Labute approximate surface area is 124 Å². The molecule has 1 amide bonds. The average Bonchev–Trinajstić information content (AvgIpc) is 3.01. The molecule has 6 heteroatoms. The van der Waals surface area contributed by atoms with Crippen LogP contribution in [0.25, 0.3) is 0 Å². The molecule has 1 heterocycles. The lowest BCUT2D eigenvalue weighted by Gasteiger charge is -2.13. The third-order valence-electron chi connectivity index (χ3n) is 3.39. The Hall–Kier alpha value is -1.79. The van der Waals surface area contributed by atoms with E-state index in [-0.39, 0.29) is 18.1 Å². The van der Waals surface area contributed by atoms with Gasteiger partial charge in [0.1, 0.15) is 24.2 Å². The van der Waals surface area contributed by atoms with Crippen molar-refractivity contribution in [2.75, 3.05) is 26.8 Å². The highest BCUT2D eigenvalue weighted by atomic mass is 16.5. The number of nitrogens with two attached hydrogens (primary N) is 1. The highest BCUT2D eigenvalue weighted by molar-refractivity contribution is 5.81. The third-order valence-corrected chi connectivity index (χ3v) is 3.39. The molecule has 21 heavy (non-hydrogen) atoms. The summed E-state index contributed by atoms with van der Waals surface area (Å²) in [6.07, 6.45) is 1.21. The molecule has 0 saturated carbocycles. The predicted molar refractivity (Wildman–Crippen MR) is 78.4 cm³/mol. The first-order valence-corrected chi connectivity index (χ1v) is 7.13. The summed E-state index contributed by atoms with van der Waals surface area (Å²) in [5.74, 6) is 1.43. The van der Waals surface area contributed by atoms with Gasteiger partial charge in [0.15, 0.2) is 0 Å². The maximum Gasteiger partial charge on any atom is 0.249 e. The summed E-state index contributed by atoms with van der Waals surface area (Å²) >= 11 is 0. The van der Waals surface area contributed by atoms with Crippen molar-refractivity contribution in [1.29, 1.82) is 0 Å². The number of carbonyl (C=O) groups is 1. The van der Waals surface area contributed by atoms with Gasteiger partial charge in [0.2, 0.25) is 5.91 Å². The van der Waals surface area contributed by atoms with E-state index in [4.69, 9.17) is 19.9 Å². The molecular weight excluding hydrogens is 272 g/mol. The fourth-order valence-electron chi connectivity index (χ4n) is 2.20. The molecule has 0 unspecified atom stereocenters. The molecule has 1 saturated heterocycles. The minimum absolute atomic E-state index is 0.0105. The molecule has 0 aliphatic carbocycles. The van der Waals surface area contributed by atoms with Crippen molar-refractivity contribution in [3.05, 3.63) is 24.3 Å². The van der Waals surface area contributed by atoms with E-state index >= 15 is 0 Å². The maximum atomic E-state index is 11.9. The highest BCUT2D eigenvalue weighted by Gasteiger charge is 2.29. The molecule has 2 atom stereocenters. The van der Waals surface area contributed by atoms with E-state index < -0.39 is 0 Å². The summed E-state index contributed by atoms with van der Waals surface area (Å²) in [5, 5.41) is 2.81. The van der Waals surface area contributed by atoms with Crippen LogP contribution >= 0.6 is 0 Å². The van der Waals surface area contributed by atoms with E-state index in [1.54, 1.807) is 7.11 Å². The van der Waals surface area contributed by atoms with E-state index in [9.17, 15) is 4.79 Å². The van der Waals surface area contributed by atoms with Crippen LogP contribution in [0.5, 0.6) is 11.5 Å². The Kier molecular flexibility index (Phi) is 5.83. The van der Waals surface area contributed by atoms with Crippen molar-refractivity contribution in [2.45, 2.75) is 25.0 Å². The minimum atomic E-state index is -0.375. The van der Waals surface area contributed by atoms with Crippen LogP contribution < -0.4 is 20.5 Å². The Morgan fingerprint density at radius 1 is 1.33 bits per heavy atom. The first-order chi connectivity index (χ1) is 10.2. The molecule has 1 aromatic carbocycles. The monoisotopic (exact) mass is 294 g/mol. The van der Waals surface area contributed by atoms with Crippen LogP contribution in [0.2, 0.25) is 0 Å². The smallest absolute Gasteiger partial charge is 0.249 e. The number of benzene rings is 1. The van der Waals surface area contributed by atoms with E-state index in [1.807, 2.05) is 24.3 Å². The van der Waals surface area contributed by atoms with Crippen molar-refractivity contribution in [1.82, 2.24) is 5.32 Å². The molecule has 2 rings (SSSR count). The summed E-state index contributed by atoms with van der Waals surface area (Å²) in [6.45, 7) is 1.31. The topological polar surface area (TPSA) is 82.8 Å². The van der Waals surface area contributed by atoms with E-state index in [0.29, 0.717) is 19.7 Å². The molecule has 0 radical (unpaired) electrons. The highest BCUT2D eigenvalue weighted by Crippen LogP contribution is 2.19. The van der Waals surface area contributed by atoms with Gasteiger partial charge in [-0.25, -0.2) is 0 Å². The predicted octanol–water partition coefficient (Wildman–Crippen LogP) is 0.697. The Bertz CT molecular complexity index is 449. The molecule has 0 spiro atoms. The fourth-order valence-corrected chi connectivity index (χ4v) is 2.20. The van der Waals surface area contributed by atoms with Crippen molar-refractivity contribution >= 4 is 5.91 Å². The second-order valence-electron chi connectivity index (χ2n) is 4.87. The molecular formula is C15H22N2O4.